The summed E-state index contributed by atoms with van der Waals surface area (Å²) in [5.41, 5.74) is 4.03. The van der Waals surface area contributed by atoms with Gasteiger partial charge in [-0.2, -0.15) is 0 Å². The number of anilines is 3. The largest absolute Gasteiger partial charge is 0.438 e. The van der Waals surface area contributed by atoms with Crippen LogP contribution in [0.1, 0.15) is 25.3 Å². The molecule has 172 valence electrons. The van der Waals surface area contributed by atoms with Gasteiger partial charge in [-0.15, -0.1) is 0 Å². The molecule has 0 saturated carbocycles. The van der Waals surface area contributed by atoms with Crippen molar-refractivity contribution in [2.75, 3.05) is 23.0 Å². The Bertz CT molecular complexity index is 1260. The number of nitrogens with one attached hydrogen (secondary N) is 3. The predicted molar refractivity (Wildman–Crippen MR) is 134 cm³/mol. The lowest BCUT2D eigenvalue weighted by Gasteiger charge is -2.12. The molecule has 0 bridgehead atoms. The SMILES string of the molecule is CNc1nccc(-c2cccnc2Oc2ccc(NC(=O)Nc3ccc(C(C)C)cc3)cc2)n1. The lowest BCUT2D eigenvalue weighted by atomic mass is 10.0. The highest BCUT2D eigenvalue weighted by Gasteiger charge is 2.11. The summed E-state index contributed by atoms with van der Waals surface area (Å²) in [5, 5.41) is 8.59. The number of hydrogen-bond donors (Lipinski definition) is 3. The van der Waals surface area contributed by atoms with E-state index in [1.807, 2.05) is 36.4 Å². The Labute approximate surface area is 198 Å². The van der Waals surface area contributed by atoms with Crippen molar-refractivity contribution in [3.63, 3.8) is 0 Å². The summed E-state index contributed by atoms with van der Waals surface area (Å²) in [7, 11) is 1.76. The Morgan fingerprint density at radius 1 is 0.853 bits per heavy atom. The van der Waals surface area contributed by atoms with Gasteiger partial charge in [0.1, 0.15) is 5.75 Å². The third kappa shape index (κ3) is 5.66. The molecule has 2 amide bonds. The van der Waals surface area contributed by atoms with Crippen molar-refractivity contribution in [2.24, 2.45) is 0 Å². The molecule has 0 aliphatic carbocycles. The van der Waals surface area contributed by atoms with E-state index < -0.39 is 0 Å². The van der Waals surface area contributed by atoms with E-state index in [0.29, 0.717) is 34.9 Å². The predicted octanol–water partition coefficient (Wildman–Crippen LogP) is 6.14. The second-order valence-corrected chi connectivity index (χ2v) is 7.85. The van der Waals surface area contributed by atoms with Gasteiger partial charge in [-0.05, 0) is 66.1 Å². The van der Waals surface area contributed by atoms with Crippen molar-refractivity contribution < 1.29 is 9.53 Å². The first-order valence-electron chi connectivity index (χ1n) is 10.9. The summed E-state index contributed by atoms with van der Waals surface area (Å²) in [5.74, 6) is 1.96. The highest BCUT2D eigenvalue weighted by molar-refractivity contribution is 5.99. The molecule has 3 N–H and O–H groups in total. The van der Waals surface area contributed by atoms with Gasteiger partial charge in [-0.25, -0.2) is 19.7 Å². The molecule has 8 heteroatoms. The summed E-state index contributed by atoms with van der Waals surface area (Å²) in [6.07, 6.45) is 3.34. The summed E-state index contributed by atoms with van der Waals surface area (Å²) < 4.78 is 6.00. The van der Waals surface area contributed by atoms with Gasteiger partial charge in [0.15, 0.2) is 0 Å². The first-order valence-corrected chi connectivity index (χ1v) is 10.9. The number of aromatic nitrogens is 3. The number of pyridine rings is 1. The third-order valence-corrected chi connectivity index (χ3v) is 5.09. The first-order chi connectivity index (χ1) is 16.5. The van der Waals surface area contributed by atoms with Crippen LogP contribution in [0.15, 0.2) is 79.1 Å². The summed E-state index contributed by atoms with van der Waals surface area (Å²) >= 11 is 0. The lowest BCUT2D eigenvalue weighted by molar-refractivity contribution is 0.262. The monoisotopic (exact) mass is 454 g/mol. The van der Waals surface area contributed by atoms with Crippen LogP contribution in [-0.4, -0.2) is 28.0 Å². The molecular formula is C26H26N6O2. The van der Waals surface area contributed by atoms with Crippen molar-refractivity contribution in [1.82, 2.24) is 15.0 Å². The van der Waals surface area contributed by atoms with Crippen LogP contribution in [0.4, 0.5) is 22.1 Å². The number of urea groups is 1. The zero-order valence-electron chi connectivity index (χ0n) is 19.2. The van der Waals surface area contributed by atoms with Crippen LogP contribution in [0, 0.1) is 0 Å². The van der Waals surface area contributed by atoms with E-state index in [1.165, 1.54) is 5.56 Å². The number of carbonyl (C=O) groups is 1. The molecule has 2 aromatic heterocycles. The van der Waals surface area contributed by atoms with Gasteiger partial charge in [0.25, 0.3) is 0 Å². The molecule has 0 unspecified atom stereocenters. The average molecular weight is 455 g/mol. The highest BCUT2D eigenvalue weighted by Crippen LogP contribution is 2.31. The van der Waals surface area contributed by atoms with E-state index in [2.05, 4.69) is 44.7 Å². The Hall–Kier alpha value is -4.46. The van der Waals surface area contributed by atoms with Gasteiger partial charge in [-0.1, -0.05) is 26.0 Å². The maximum absolute atomic E-state index is 12.3. The van der Waals surface area contributed by atoms with Gasteiger partial charge in [0, 0.05) is 30.8 Å². The highest BCUT2D eigenvalue weighted by atomic mass is 16.5. The molecule has 0 aliphatic heterocycles. The van der Waals surface area contributed by atoms with Gasteiger partial charge < -0.3 is 20.7 Å². The smallest absolute Gasteiger partial charge is 0.323 e. The number of hydrogen-bond acceptors (Lipinski definition) is 6. The minimum atomic E-state index is -0.318. The zero-order valence-corrected chi connectivity index (χ0v) is 19.2. The minimum Gasteiger partial charge on any atom is -0.438 e. The molecule has 0 atom stereocenters. The second kappa shape index (κ2) is 10.4. The number of ether oxygens (including phenoxy) is 1. The molecule has 0 fully saturated rings. The normalized spacial score (nSPS) is 10.6. The van der Waals surface area contributed by atoms with Crippen LogP contribution in [0.3, 0.4) is 0 Å². The van der Waals surface area contributed by atoms with Crippen LogP contribution >= 0.6 is 0 Å². The number of rotatable bonds is 7. The van der Waals surface area contributed by atoms with Gasteiger partial charge in [0.2, 0.25) is 11.8 Å². The topological polar surface area (TPSA) is 101 Å². The Kier molecular flexibility index (Phi) is 6.98. The van der Waals surface area contributed by atoms with Gasteiger partial charge in [-0.3, -0.25) is 0 Å². The standard InChI is InChI=1S/C26H26N6O2/c1-17(2)18-6-8-19(9-7-18)30-26(33)31-20-10-12-21(13-11-20)34-24-22(5-4-15-28-24)23-14-16-29-25(27-3)32-23/h4-17H,1-3H3,(H,27,29,32)(H2,30,31,33). The van der Waals surface area contributed by atoms with Crippen molar-refractivity contribution in [2.45, 2.75) is 19.8 Å². The molecule has 2 heterocycles. The fraction of sp³-hybridized carbons (Fsp3) is 0.154. The van der Waals surface area contributed by atoms with Crippen molar-refractivity contribution in [3.8, 4) is 22.9 Å². The molecule has 8 nitrogen and oxygen atoms in total. The van der Waals surface area contributed by atoms with Gasteiger partial charge >= 0.3 is 6.03 Å². The van der Waals surface area contributed by atoms with E-state index in [-0.39, 0.29) is 6.03 Å². The number of benzene rings is 2. The molecule has 2 aromatic carbocycles. The molecule has 0 spiro atoms. The second-order valence-electron chi connectivity index (χ2n) is 7.85. The van der Waals surface area contributed by atoms with Crippen LogP contribution in [0.2, 0.25) is 0 Å². The quantitative estimate of drug-likeness (QED) is 0.310. The van der Waals surface area contributed by atoms with E-state index in [0.717, 1.165) is 11.3 Å². The maximum Gasteiger partial charge on any atom is 0.323 e. The average Bonchev–Trinajstić information content (AvgIpc) is 2.86. The molecular weight excluding hydrogens is 428 g/mol. The van der Waals surface area contributed by atoms with Crippen LogP contribution in [-0.2, 0) is 0 Å². The van der Waals surface area contributed by atoms with E-state index in [9.17, 15) is 4.79 Å². The molecule has 4 aromatic rings. The van der Waals surface area contributed by atoms with Crippen molar-refractivity contribution in [3.05, 3.63) is 84.7 Å². The number of carbonyl (C=O) groups excluding carboxylic acids is 1. The molecule has 0 aliphatic rings. The Morgan fingerprint density at radius 3 is 2.18 bits per heavy atom. The van der Waals surface area contributed by atoms with Crippen molar-refractivity contribution in [1.29, 1.82) is 0 Å². The number of amides is 2. The van der Waals surface area contributed by atoms with Crippen LogP contribution < -0.4 is 20.7 Å². The molecule has 4 rings (SSSR count). The molecule has 0 saturated heterocycles. The molecule has 34 heavy (non-hydrogen) atoms. The van der Waals surface area contributed by atoms with Crippen LogP contribution in [0.5, 0.6) is 11.6 Å². The first kappa shape index (κ1) is 22.7. The van der Waals surface area contributed by atoms with E-state index in [1.54, 1.807) is 49.8 Å². The summed E-state index contributed by atoms with van der Waals surface area (Å²) in [6.45, 7) is 4.26. The van der Waals surface area contributed by atoms with E-state index >= 15 is 0 Å². The Morgan fingerprint density at radius 2 is 1.53 bits per heavy atom. The third-order valence-electron chi connectivity index (χ3n) is 5.09. The van der Waals surface area contributed by atoms with E-state index in [4.69, 9.17) is 4.74 Å². The maximum atomic E-state index is 12.3. The number of nitrogens with zero attached hydrogens (tertiary/aromatic N) is 3. The minimum absolute atomic E-state index is 0.318. The fourth-order valence-corrected chi connectivity index (χ4v) is 3.26. The zero-order chi connectivity index (χ0) is 23.9. The summed E-state index contributed by atoms with van der Waals surface area (Å²) in [4.78, 5) is 25.3. The summed E-state index contributed by atoms with van der Waals surface area (Å²) in [6, 6.07) is 20.1. The Balaban J connectivity index is 1.41. The molecule has 0 radical (unpaired) electrons. The lowest BCUT2D eigenvalue weighted by Crippen LogP contribution is -2.19. The van der Waals surface area contributed by atoms with Gasteiger partial charge in [0.05, 0.1) is 11.3 Å². The van der Waals surface area contributed by atoms with Crippen LogP contribution in [0.25, 0.3) is 11.3 Å². The van der Waals surface area contributed by atoms with Crippen molar-refractivity contribution >= 4 is 23.4 Å². The fourth-order valence-electron chi connectivity index (χ4n) is 3.26.